The molecule has 2 aromatic carbocycles. The summed E-state index contributed by atoms with van der Waals surface area (Å²) in [6.45, 7) is 2.46. The van der Waals surface area contributed by atoms with Gasteiger partial charge >= 0.3 is 0 Å². The molecule has 0 unspecified atom stereocenters. The minimum absolute atomic E-state index is 0.197. The van der Waals surface area contributed by atoms with Crippen LogP contribution in [-0.2, 0) is 10.0 Å². The number of aryl methyl sites for hydroxylation is 1. The van der Waals surface area contributed by atoms with Crippen molar-refractivity contribution >= 4 is 15.9 Å². The van der Waals surface area contributed by atoms with Gasteiger partial charge in [-0.15, -0.1) is 0 Å². The molecule has 2 rings (SSSR count). The molecule has 0 saturated heterocycles. The first-order valence-corrected chi connectivity index (χ1v) is 9.78. The Labute approximate surface area is 160 Å². The summed E-state index contributed by atoms with van der Waals surface area (Å²) < 4.78 is 35.9. The zero-order chi connectivity index (χ0) is 20.0. The molecule has 0 aliphatic heterocycles. The Hall–Kier alpha value is -2.58. The average Bonchev–Trinajstić information content (AvgIpc) is 2.65. The summed E-state index contributed by atoms with van der Waals surface area (Å²) in [5.41, 5.74) is 1.43. The number of amides is 1. The van der Waals surface area contributed by atoms with Gasteiger partial charge < -0.3 is 14.8 Å². The van der Waals surface area contributed by atoms with Crippen LogP contribution in [0.5, 0.6) is 11.5 Å². The summed E-state index contributed by atoms with van der Waals surface area (Å²) in [7, 11) is 1.09. The lowest BCUT2D eigenvalue weighted by Crippen LogP contribution is -2.28. The summed E-state index contributed by atoms with van der Waals surface area (Å²) in [4.78, 5) is 12.3. The third-order valence-electron chi connectivity index (χ3n) is 3.92. The van der Waals surface area contributed by atoms with Gasteiger partial charge in [-0.3, -0.25) is 4.79 Å². The van der Waals surface area contributed by atoms with Crippen LogP contribution in [-0.4, -0.2) is 53.0 Å². The summed E-state index contributed by atoms with van der Waals surface area (Å²) >= 11 is 0. The fourth-order valence-corrected chi connectivity index (χ4v) is 3.28. The predicted octanol–water partition coefficient (Wildman–Crippen LogP) is 2.06. The molecule has 0 bridgehead atoms. The van der Waals surface area contributed by atoms with Crippen LogP contribution in [0.25, 0.3) is 0 Å². The topological polar surface area (TPSA) is 84.9 Å². The van der Waals surface area contributed by atoms with E-state index in [0.717, 1.165) is 15.6 Å². The molecule has 7 nitrogen and oxygen atoms in total. The first-order chi connectivity index (χ1) is 12.8. The Balaban J connectivity index is 1.84. The zero-order valence-corrected chi connectivity index (χ0v) is 16.7. The van der Waals surface area contributed by atoms with Gasteiger partial charge in [0.1, 0.15) is 18.1 Å². The quantitative estimate of drug-likeness (QED) is 0.695. The first kappa shape index (κ1) is 20.7. The van der Waals surface area contributed by atoms with E-state index in [1.165, 1.54) is 26.2 Å². The van der Waals surface area contributed by atoms with Gasteiger partial charge in [0.15, 0.2) is 0 Å². The van der Waals surface area contributed by atoms with Crippen molar-refractivity contribution in [3.05, 3.63) is 53.6 Å². The number of nitrogens with zero attached hydrogens (tertiary/aromatic N) is 1. The largest absolute Gasteiger partial charge is 0.496 e. The van der Waals surface area contributed by atoms with Gasteiger partial charge in [0, 0.05) is 19.7 Å². The standard InChI is InChI=1S/C19H24N2O5S/c1-14-13-15(5-10-18(14)25-4)19(22)20-11-12-26-16-6-8-17(9-7-16)27(23,24)21(2)3/h5-10,13H,11-12H2,1-4H3,(H,20,22). The second-order valence-corrected chi connectivity index (χ2v) is 8.20. The maximum Gasteiger partial charge on any atom is 0.251 e. The van der Waals surface area contributed by atoms with Crippen molar-refractivity contribution in [3.63, 3.8) is 0 Å². The smallest absolute Gasteiger partial charge is 0.251 e. The summed E-state index contributed by atoms with van der Waals surface area (Å²) in [6.07, 6.45) is 0. The van der Waals surface area contributed by atoms with E-state index in [2.05, 4.69) is 5.32 Å². The number of sulfonamides is 1. The highest BCUT2D eigenvalue weighted by atomic mass is 32.2. The van der Waals surface area contributed by atoms with Crippen LogP contribution in [0.4, 0.5) is 0 Å². The average molecular weight is 392 g/mol. The van der Waals surface area contributed by atoms with Crippen molar-refractivity contribution in [1.82, 2.24) is 9.62 Å². The van der Waals surface area contributed by atoms with E-state index in [0.29, 0.717) is 17.9 Å². The number of methoxy groups -OCH3 is 1. The second-order valence-electron chi connectivity index (χ2n) is 6.05. The van der Waals surface area contributed by atoms with Gasteiger partial charge in [-0.1, -0.05) is 0 Å². The number of ether oxygens (including phenoxy) is 2. The molecule has 0 saturated carbocycles. The highest BCUT2D eigenvalue weighted by molar-refractivity contribution is 7.89. The Bertz CT molecular complexity index is 893. The SMILES string of the molecule is COc1ccc(C(=O)NCCOc2ccc(S(=O)(=O)N(C)C)cc2)cc1C. The fraction of sp³-hybridized carbons (Fsp3) is 0.316. The molecule has 0 heterocycles. The molecule has 2 aromatic rings. The third kappa shape index (κ3) is 5.21. The monoisotopic (exact) mass is 392 g/mol. The van der Waals surface area contributed by atoms with Crippen LogP contribution in [0.3, 0.4) is 0 Å². The van der Waals surface area contributed by atoms with Crippen LogP contribution in [0, 0.1) is 6.92 Å². The van der Waals surface area contributed by atoms with E-state index in [1.54, 1.807) is 37.4 Å². The predicted molar refractivity (Wildman–Crippen MR) is 103 cm³/mol. The lowest BCUT2D eigenvalue weighted by Gasteiger charge is -2.12. The summed E-state index contributed by atoms with van der Waals surface area (Å²) in [5.74, 6) is 1.06. The minimum Gasteiger partial charge on any atom is -0.496 e. The third-order valence-corrected chi connectivity index (χ3v) is 5.75. The number of benzene rings is 2. The van der Waals surface area contributed by atoms with Gasteiger partial charge in [-0.25, -0.2) is 12.7 Å². The van der Waals surface area contributed by atoms with Crippen LogP contribution >= 0.6 is 0 Å². The molecule has 0 spiro atoms. The molecule has 8 heteroatoms. The van der Waals surface area contributed by atoms with E-state index in [-0.39, 0.29) is 17.4 Å². The fourth-order valence-electron chi connectivity index (χ4n) is 2.37. The number of carbonyl (C=O) groups excluding carboxylic acids is 1. The van der Waals surface area contributed by atoms with Crippen molar-refractivity contribution in [2.45, 2.75) is 11.8 Å². The lowest BCUT2D eigenvalue weighted by atomic mass is 10.1. The second kappa shape index (κ2) is 8.88. The van der Waals surface area contributed by atoms with Crippen LogP contribution in [0.2, 0.25) is 0 Å². The van der Waals surface area contributed by atoms with Gasteiger partial charge in [0.05, 0.1) is 18.6 Å². The van der Waals surface area contributed by atoms with Crippen molar-refractivity contribution in [2.24, 2.45) is 0 Å². The Morgan fingerprint density at radius 1 is 1.11 bits per heavy atom. The van der Waals surface area contributed by atoms with Gasteiger partial charge in [-0.05, 0) is 55.0 Å². The number of rotatable bonds is 8. The molecule has 1 N–H and O–H groups in total. The summed E-state index contributed by atoms with van der Waals surface area (Å²) in [6, 6.07) is 11.4. The van der Waals surface area contributed by atoms with Crippen LogP contribution in [0.1, 0.15) is 15.9 Å². The van der Waals surface area contributed by atoms with Gasteiger partial charge in [-0.2, -0.15) is 0 Å². The minimum atomic E-state index is -3.46. The highest BCUT2D eigenvalue weighted by Gasteiger charge is 2.16. The molecule has 0 aliphatic rings. The zero-order valence-electron chi connectivity index (χ0n) is 15.9. The molecule has 0 fully saturated rings. The molecule has 0 atom stereocenters. The first-order valence-electron chi connectivity index (χ1n) is 8.34. The lowest BCUT2D eigenvalue weighted by molar-refractivity contribution is 0.0947. The van der Waals surface area contributed by atoms with Crippen molar-refractivity contribution in [2.75, 3.05) is 34.4 Å². The van der Waals surface area contributed by atoms with E-state index < -0.39 is 10.0 Å². The molecule has 0 aliphatic carbocycles. The van der Waals surface area contributed by atoms with E-state index in [9.17, 15) is 13.2 Å². The number of hydrogen-bond acceptors (Lipinski definition) is 5. The molecular weight excluding hydrogens is 368 g/mol. The molecule has 0 radical (unpaired) electrons. The Morgan fingerprint density at radius 3 is 2.33 bits per heavy atom. The maximum absolute atomic E-state index is 12.1. The van der Waals surface area contributed by atoms with Crippen LogP contribution in [0.15, 0.2) is 47.4 Å². The van der Waals surface area contributed by atoms with Crippen LogP contribution < -0.4 is 14.8 Å². The van der Waals surface area contributed by atoms with Crippen molar-refractivity contribution in [3.8, 4) is 11.5 Å². The number of hydrogen-bond donors (Lipinski definition) is 1. The maximum atomic E-state index is 12.1. The molecule has 1 amide bonds. The number of nitrogens with one attached hydrogen (secondary N) is 1. The highest BCUT2D eigenvalue weighted by Crippen LogP contribution is 2.19. The van der Waals surface area contributed by atoms with Crippen molar-refractivity contribution < 1.29 is 22.7 Å². The van der Waals surface area contributed by atoms with Gasteiger partial charge in [0.25, 0.3) is 5.91 Å². The molecular formula is C19H24N2O5S. The number of carbonyl (C=O) groups is 1. The molecule has 146 valence electrons. The van der Waals surface area contributed by atoms with Gasteiger partial charge in [0.2, 0.25) is 10.0 Å². The summed E-state index contributed by atoms with van der Waals surface area (Å²) in [5, 5.41) is 2.78. The Kier molecular flexibility index (Phi) is 6.81. The molecule has 27 heavy (non-hydrogen) atoms. The van der Waals surface area contributed by atoms with E-state index >= 15 is 0 Å². The van der Waals surface area contributed by atoms with E-state index in [1.807, 2.05) is 6.92 Å². The van der Waals surface area contributed by atoms with Crippen molar-refractivity contribution in [1.29, 1.82) is 0 Å². The van der Waals surface area contributed by atoms with E-state index in [4.69, 9.17) is 9.47 Å². The Morgan fingerprint density at radius 2 is 1.78 bits per heavy atom. The normalized spacial score (nSPS) is 11.3. The molecule has 0 aromatic heterocycles.